The molecule has 3 rings (SSSR count). The van der Waals surface area contributed by atoms with Crippen molar-refractivity contribution in [3.05, 3.63) is 84.7 Å². The summed E-state index contributed by atoms with van der Waals surface area (Å²) in [6.07, 6.45) is 5.06. The Balaban J connectivity index is 1.68. The van der Waals surface area contributed by atoms with Crippen LogP contribution in [0.2, 0.25) is 0 Å². The molecule has 0 radical (unpaired) electrons. The van der Waals surface area contributed by atoms with Gasteiger partial charge in [-0.25, -0.2) is 13.7 Å². The monoisotopic (exact) mass is 501 g/mol. The molecule has 0 spiro atoms. The number of pyridine rings is 1. The van der Waals surface area contributed by atoms with Crippen molar-refractivity contribution in [2.24, 2.45) is 0 Å². The molecule has 0 saturated carbocycles. The fourth-order valence-corrected chi connectivity index (χ4v) is 6.33. The molecule has 0 aliphatic carbocycles. The number of nitrogens with zero attached hydrogens (tertiary/aromatic N) is 1. The summed E-state index contributed by atoms with van der Waals surface area (Å²) in [5.41, 5.74) is 1.97. The number of thioether (sulfide) groups is 1. The fraction of sp³-hybridized carbons (Fsp3) is 0.174. The number of hydrogen-bond donors (Lipinski definition) is 3. The summed E-state index contributed by atoms with van der Waals surface area (Å²) in [4.78, 5) is 29.6. The van der Waals surface area contributed by atoms with E-state index in [1.54, 1.807) is 42.9 Å². The Kier molecular flexibility index (Phi) is 9.49. The van der Waals surface area contributed by atoms with E-state index in [1.807, 2.05) is 42.5 Å². The van der Waals surface area contributed by atoms with E-state index in [2.05, 4.69) is 15.0 Å². The van der Waals surface area contributed by atoms with E-state index in [9.17, 15) is 18.9 Å². The third-order valence-corrected chi connectivity index (χ3v) is 8.04. The second-order valence-electron chi connectivity index (χ2n) is 6.86. The third-order valence-electron chi connectivity index (χ3n) is 4.63. The van der Waals surface area contributed by atoms with Gasteiger partial charge in [0.05, 0.1) is 5.37 Å². The van der Waals surface area contributed by atoms with Crippen LogP contribution in [0.15, 0.2) is 84.0 Å². The van der Waals surface area contributed by atoms with E-state index in [1.165, 1.54) is 11.8 Å². The van der Waals surface area contributed by atoms with E-state index in [0.717, 1.165) is 21.3 Å². The van der Waals surface area contributed by atoms with Gasteiger partial charge in [0.15, 0.2) is 10.0 Å². The van der Waals surface area contributed by atoms with E-state index in [-0.39, 0.29) is 6.42 Å². The molecule has 0 bridgehead atoms. The molecule has 0 aliphatic heterocycles. The first-order valence-corrected chi connectivity index (χ1v) is 13.7. The molecule has 3 atom stereocenters. The molecule has 7 nitrogen and oxygen atoms in total. The maximum atomic E-state index is 13.0. The number of aliphatic carboxylic acids is 1. The predicted molar refractivity (Wildman–Crippen MR) is 134 cm³/mol. The van der Waals surface area contributed by atoms with Gasteiger partial charge in [-0.05, 0) is 46.4 Å². The van der Waals surface area contributed by atoms with E-state index >= 15 is 0 Å². The minimum atomic E-state index is -1.51. The van der Waals surface area contributed by atoms with Gasteiger partial charge in [-0.2, -0.15) is 0 Å². The molecule has 2 aromatic carbocycles. The SMILES string of the molecule is CSC(CC(NC(=O)c1ccccc1-c1ccccc1)C(=O)O)NS(=O)Sc1cccnc1. The normalized spacial score (nSPS) is 13.6. The molecule has 1 amide bonds. The van der Waals surface area contributed by atoms with E-state index in [4.69, 9.17) is 0 Å². The lowest BCUT2D eigenvalue weighted by atomic mass is 9.99. The topological polar surface area (TPSA) is 108 Å². The lowest BCUT2D eigenvalue weighted by Gasteiger charge is -2.21. The summed E-state index contributed by atoms with van der Waals surface area (Å²) < 4.78 is 15.4. The minimum absolute atomic E-state index is 0.0507. The van der Waals surface area contributed by atoms with Gasteiger partial charge in [0.2, 0.25) is 0 Å². The van der Waals surface area contributed by atoms with Crippen molar-refractivity contribution in [1.82, 2.24) is 15.0 Å². The number of benzene rings is 2. The van der Waals surface area contributed by atoms with Crippen molar-refractivity contribution < 1.29 is 18.9 Å². The summed E-state index contributed by atoms with van der Waals surface area (Å²) in [5.74, 6) is -1.64. The molecular formula is C23H23N3O4S3. The molecule has 3 unspecified atom stereocenters. The average Bonchev–Trinajstić information content (AvgIpc) is 2.84. The quantitative estimate of drug-likeness (QED) is 0.269. The van der Waals surface area contributed by atoms with Gasteiger partial charge in [0.1, 0.15) is 6.04 Å². The van der Waals surface area contributed by atoms with Crippen LogP contribution in [0.3, 0.4) is 0 Å². The standard InChI is InChI=1S/C23H23N3O4S3/c1-31-21(26-33(30)32-17-10-7-13-24-15-17)14-20(23(28)29)25-22(27)19-12-6-5-11-18(19)16-8-3-2-4-9-16/h2-13,15,20-21,26H,14H2,1H3,(H,25,27)(H,28,29). The van der Waals surface area contributed by atoms with E-state index < -0.39 is 33.3 Å². The highest BCUT2D eigenvalue weighted by Gasteiger charge is 2.26. The van der Waals surface area contributed by atoms with Gasteiger partial charge in [-0.15, -0.1) is 11.8 Å². The van der Waals surface area contributed by atoms with Gasteiger partial charge in [0.25, 0.3) is 5.91 Å². The Labute approximate surface area is 202 Å². The smallest absolute Gasteiger partial charge is 0.326 e. The highest BCUT2D eigenvalue weighted by Crippen LogP contribution is 2.24. The van der Waals surface area contributed by atoms with Crippen molar-refractivity contribution in [2.75, 3.05) is 6.26 Å². The number of nitrogens with one attached hydrogen (secondary N) is 2. The van der Waals surface area contributed by atoms with Crippen LogP contribution in [0.4, 0.5) is 0 Å². The van der Waals surface area contributed by atoms with Crippen molar-refractivity contribution in [1.29, 1.82) is 0 Å². The van der Waals surface area contributed by atoms with Crippen LogP contribution < -0.4 is 10.0 Å². The number of carboxylic acid groups (broad SMARTS) is 1. The molecular weight excluding hydrogens is 478 g/mol. The molecule has 10 heteroatoms. The first-order valence-electron chi connectivity index (χ1n) is 9.95. The van der Waals surface area contributed by atoms with Crippen molar-refractivity contribution >= 4 is 44.4 Å². The van der Waals surface area contributed by atoms with Crippen LogP contribution in [0.1, 0.15) is 16.8 Å². The van der Waals surface area contributed by atoms with Crippen molar-refractivity contribution in [2.45, 2.75) is 22.7 Å². The molecule has 33 heavy (non-hydrogen) atoms. The largest absolute Gasteiger partial charge is 0.480 e. The number of carboxylic acids is 1. The first-order chi connectivity index (χ1) is 16.0. The van der Waals surface area contributed by atoms with Crippen LogP contribution in [-0.4, -0.2) is 43.8 Å². The van der Waals surface area contributed by atoms with Crippen LogP contribution in [0.5, 0.6) is 0 Å². The van der Waals surface area contributed by atoms with Gasteiger partial charge < -0.3 is 10.4 Å². The molecule has 1 aromatic heterocycles. The Morgan fingerprint density at radius 3 is 2.45 bits per heavy atom. The highest BCUT2D eigenvalue weighted by molar-refractivity contribution is 8.68. The maximum absolute atomic E-state index is 13.0. The van der Waals surface area contributed by atoms with Gasteiger partial charge in [-0.3, -0.25) is 9.78 Å². The van der Waals surface area contributed by atoms with Gasteiger partial charge in [-0.1, -0.05) is 48.5 Å². The Hall–Kier alpha value is -2.66. The lowest BCUT2D eigenvalue weighted by molar-refractivity contribution is -0.139. The number of aromatic nitrogens is 1. The summed E-state index contributed by atoms with van der Waals surface area (Å²) in [6.45, 7) is 0. The number of amides is 1. The lowest BCUT2D eigenvalue weighted by Crippen LogP contribution is -2.45. The Morgan fingerprint density at radius 2 is 1.79 bits per heavy atom. The third kappa shape index (κ3) is 7.43. The molecule has 172 valence electrons. The predicted octanol–water partition coefficient (Wildman–Crippen LogP) is 3.97. The number of carbonyl (C=O) groups is 2. The summed E-state index contributed by atoms with van der Waals surface area (Å²) in [5, 5.41) is 11.9. The second-order valence-corrected chi connectivity index (χ2v) is 10.7. The second kappa shape index (κ2) is 12.5. The van der Waals surface area contributed by atoms with Crippen molar-refractivity contribution in [3.63, 3.8) is 0 Å². The van der Waals surface area contributed by atoms with Gasteiger partial charge >= 0.3 is 5.97 Å². The zero-order valence-electron chi connectivity index (χ0n) is 17.7. The van der Waals surface area contributed by atoms with Gasteiger partial charge in [0, 0.05) is 29.3 Å². The number of rotatable bonds is 11. The molecule has 0 aliphatic rings. The number of carbonyl (C=O) groups excluding carboxylic acids is 1. The fourth-order valence-electron chi connectivity index (χ4n) is 3.03. The summed E-state index contributed by atoms with van der Waals surface area (Å²) in [7, 11) is -0.424. The van der Waals surface area contributed by atoms with Crippen LogP contribution in [0, 0.1) is 0 Å². The molecule has 3 aromatic rings. The van der Waals surface area contributed by atoms with Crippen LogP contribution in [-0.2, 0) is 14.8 Å². The van der Waals surface area contributed by atoms with Crippen molar-refractivity contribution in [3.8, 4) is 11.1 Å². The highest BCUT2D eigenvalue weighted by atomic mass is 33.1. The average molecular weight is 502 g/mol. The van der Waals surface area contributed by atoms with E-state index in [0.29, 0.717) is 11.1 Å². The Morgan fingerprint density at radius 1 is 1.06 bits per heavy atom. The Bertz CT molecular complexity index is 1100. The molecule has 0 fully saturated rings. The van der Waals surface area contributed by atoms with Crippen LogP contribution >= 0.6 is 22.6 Å². The zero-order valence-corrected chi connectivity index (χ0v) is 20.2. The minimum Gasteiger partial charge on any atom is -0.480 e. The van der Waals surface area contributed by atoms with Crippen LogP contribution in [0.25, 0.3) is 11.1 Å². The summed E-state index contributed by atoms with van der Waals surface area (Å²) >= 11 is 1.33. The maximum Gasteiger partial charge on any atom is 0.326 e. The molecule has 3 N–H and O–H groups in total. The first kappa shape index (κ1) is 25.0. The molecule has 1 heterocycles. The number of hydrogen-bond acceptors (Lipinski definition) is 6. The summed E-state index contributed by atoms with van der Waals surface area (Å²) in [6, 6.07) is 18.9. The zero-order chi connectivity index (χ0) is 23.6. The molecule has 0 saturated heterocycles.